The zero-order chi connectivity index (χ0) is 16.4. The Balaban J connectivity index is 0. The van der Waals surface area contributed by atoms with Gasteiger partial charge in [0, 0.05) is 0 Å². The lowest BCUT2D eigenvalue weighted by Gasteiger charge is -2.15. The van der Waals surface area contributed by atoms with E-state index in [0.29, 0.717) is 13.2 Å². The minimum Gasteiger partial charge on any atom is -0.307 e. The van der Waals surface area contributed by atoms with Crippen molar-refractivity contribution in [2.75, 3.05) is 41.4 Å². The van der Waals surface area contributed by atoms with Gasteiger partial charge in [-0.05, 0) is 42.0 Å². The molecule has 0 fully saturated rings. The molecule has 0 aromatic rings. The van der Waals surface area contributed by atoms with Gasteiger partial charge in [0.25, 0.3) is 0 Å². The first-order valence-corrected chi connectivity index (χ1v) is 8.96. The molecule has 2 atom stereocenters. The molecule has 0 aliphatic heterocycles. The minimum atomic E-state index is -3.13. The molecule has 0 aromatic carbocycles. The summed E-state index contributed by atoms with van der Waals surface area (Å²) in [6.45, 7) is 3.99. The Kier molecular flexibility index (Phi) is 10.9. The molecule has 0 N–H and O–H groups in total. The van der Waals surface area contributed by atoms with Crippen LogP contribution in [0.2, 0.25) is 0 Å². The third-order valence-electron chi connectivity index (χ3n) is 1.91. The van der Waals surface area contributed by atoms with Gasteiger partial charge < -0.3 is 9.05 Å². The van der Waals surface area contributed by atoms with Gasteiger partial charge in [-0.25, -0.2) is 9.34 Å². The molecule has 0 aliphatic rings. The third kappa shape index (κ3) is 7.17. The summed E-state index contributed by atoms with van der Waals surface area (Å²) in [4.78, 5) is 0. The van der Waals surface area contributed by atoms with Crippen LogP contribution in [0.1, 0.15) is 13.8 Å². The molecule has 0 saturated carbocycles. The number of nitriles is 2. The van der Waals surface area contributed by atoms with Crippen LogP contribution in [0.15, 0.2) is 0 Å². The largest absolute Gasteiger partial charge is 0.370 e. The predicted molar refractivity (Wildman–Crippen MR) is 77.1 cm³/mol. The molecular formula is C10H22N4O4P2. The molecule has 0 spiro atoms. The molecule has 0 saturated heterocycles. The Labute approximate surface area is 120 Å². The summed E-state index contributed by atoms with van der Waals surface area (Å²) < 4.78 is 34.6. The van der Waals surface area contributed by atoms with Crippen LogP contribution in [0.4, 0.5) is 0 Å². The lowest BCUT2D eigenvalue weighted by Crippen LogP contribution is -2.09. The summed E-state index contributed by atoms with van der Waals surface area (Å²) in [5.41, 5.74) is 0. The van der Waals surface area contributed by atoms with Gasteiger partial charge in [-0.3, -0.25) is 9.13 Å². The van der Waals surface area contributed by atoms with E-state index in [1.54, 1.807) is 53.7 Å². The summed E-state index contributed by atoms with van der Waals surface area (Å²) in [6, 6.07) is 0. The molecule has 0 heterocycles. The van der Waals surface area contributed by atoms with Crippen LogP contribution in [0, 0.1) is 22.1 Å². The number of hydrogen-bond donors (Lipinski definition) is 0. The monoisotopic (exact) mass is 324 g/mol. The van der Waals surface area contributed by atoms with Crippen LogP contribution in [0.25, 0.3) is 0 Å². The van der Waals surface area contributed by atoms with Crippen molar-refractivity contribution in [3.63, 3.8) is 0 Å². The molecule has 0 rings (SSSR count). The zero-order valence-corrected chi connectivity index (χ0v) is 14.5. The van der Waals surface area contributed by atoms with Crippen molar-refractivity contribution < 1.29 is 18.2 Å². The van der Waals surface area contributed by atoms with Gasteiger partial charge in [-0.15, -0.1) is 0 Å². The summed E-state index contributed by atoms with van der Waals surface area (Å²) >= 11 is 0. The normalized spacial score (nSPS) is 16.3. The summed E-state index contributed by atoms with van der Waals surface area (Å²) in [6.07, 6.45) is 0. The Morgan fingerprint density at radius 1 is 0.850 bits per heavy atom. The maximum absolute atomic E-state index is 11.2. The fourth-order valence-corrected chi connectivity index (χ4v) is 2.45. The Hall–Kier alpha value is -0.720. The SMILES string of the molecule is CCOP(=O)(C#N)N(C)C.CCOP(=O)(C#N)N(C)C. The van der Waals surface area contributed by atoms with E-state index in [4.69, 9.17) is 19.6 Å². The first kappa shape index (κ1) is 21.6. The second-order valence-electron chi connectivity index (χ2n) is 3.77. The molecule has 0 bridgehead atoms. The Morgan fingerprint density at radius 2 is 1.10 bits per heavy atom. The highest BCUT2D eigenvalue weighted by molar-refractivity contribution is 7.61. The van der Waals surface area contributed by atoms with Crippen LogP contribution in [0.3, 0.4) is 0 Å². The quantitative estimate of drug-likeness (QED) is 0.686. The summed E-state index contributed by atoms with van der Waals surface area (Å²) in [5.74, 6) is 3.28. The first-order chi connectivity index (χ1) is 9.13. The highest BCUT2D eigenvalue weighted by Gasteiger charge is 2.25. The van der Waals surface area contributed by atoms with Gasteiger partial charge in [-0.2, -0.15) is 10.5 Å². The zero-order valence-electron chi connectivity index (χ0n) is 12.7. The molecule has 0 aliphatic carbocycles. The van der Waals surface area contributed by atoms with Gasteiger partial charge in [0.2, 0.25) is 0 Å². The summed E-state index contributed by atoms with van der Waals surface area (Å²) in [7, 11) is -0.0457. The molecule has 116 valence electrons. The average molecular weight is 324 g/mol. The van der Waals surface area contributed by atoms with Crippen LogP contribution in [-0.2, 0) is 18.2 Å². The highest BCUT2D eigenvalue weighted by atomic mass is 31.2. The number of rotatable bonds is 6. The molecule has 10 heteroatoms. The molecular weight excluding hydrogens is 302 g/mol. The predicted octanol–water partition coefficient (Wildman–Crippen LogP) is 2.52. The molecule has 2 unspecified atom stereocenters. The second-order valence-corrected chi connectivity index (χ2v) is 8.37. The Bertz CT molecular complexity index is 411. The first-order valence-electron chi connectivity index (χ1n) is 5.81. The van der Waals surface area contributed by atoms with Crippen LogP contribution in [0.5, 0.6) is 0 Å². The van der Waals surface area contributed by atoms with Gasteiger partial charge >= 0.3 is 15.0 Å². The highest BCUT2D eigenvalue weighted by Crippen LogP contribution is 2.47. The fraction of sp³-hybridized carbons (Fsp3) is 0.800. The maximum Gasteiger partial charge on any atom is 0.370 e. The topological polar surface area (TPSA) is 107 Å². The molecule has 0 radical (unpaired) electrons. The van der Waals surface area contributed by atoms with Gasteiger partial charge in [0.15, 0.2) is 11.6 Å². The van der Waals surface area contributed by atoms with Crippen LogP contribution in [-0.4, -0.2) is 50.7 Å². The van der Waals surface area contributed by atoms with Crippen molar-refractivity contribution in [2.45, 2.75) is 13.8 Å². The smallest absolute Gasteiger partial charge is 0.307 e. The fourth-order valence-electron chi connectivity index (χ4n) is 0.818. The number of hydrogen-bond acceptors (Lipinski definition) is 6. The molecule has 0 aromatic heterocycles. The second kappa shape index (κ2) is 10.1. The summed E-state index contributed by atoms with van der Waals surface area (Å²) in [5, 5.41) is 16.8. The van der Waals surface area contributed by atoms with Crippen LogP contribution < -0.4 is 0 Å². The maximum atomic E-state index is 11.2. The van der Waals surface area contributed by atoms with Crippen molar-refractivity contribution in [1.29, 1.82) is 10.5 Å². The van der Waals surface area contributed by atoms with Gasteiger partial charge in [-0.1, -0.05) is 0 Å². The van der Waals surface area contributed by atoms with Gasteiger partial charge in [0.1, 0.15) is 0 Å². The van der Waals surface area contributed by atoms with Crippen molar-refractivity contribution in [1.82, 2.24) is 9.34 Å². The van der Waals surface area contributed by atoms with E-state index < -0.39 is 15.0 Å². The van der Waals surface area contributed by atoms with E-state index >= 15 is 0 Å². The number of nitrogens with zero attached hydrogens (tertiary/aromatic N) is 4. The van der Waals surface area contributed by atoms with Crippen LogP contribution >= 0.6 is 15.0 Å². The molecule has 20 heavy (non-hydrogen) atoms. The van der Waals surface area contributed by atoms with E-state index in [9.17, 15) is 9.13 Å². The van der Waals surface area contributed by atoms with Gasteiger partial charge in [0.05, 0.1) is 13.2 Å². The third-order valence-corrected chi connectivity index (χ3v) is 5.74. The van der Waals surface area contributed by atoms with Crippen molar-refractivity contribution in [3.05, 3.63) is 0 Å². The lowest BCUT2D eigenvalue weighted by molar-refractivity contribution is 0.306. The Morgan fingerprint density at radius 3 is 1.15 bits per heavy atom. The van der Waals surface area contributed by atoms with Crippen molar-refractivity contribution >= 4 is 15.0 Å². The molecule has 0 amide bonds. The molecule has 8 nitrogen and oxygen atoms in total. The van der Waals surface area contributed by atoms with Crippen molar-refractivity contribution in [3.8, 4) is 11.6 Å². The standard InChI is InChI=1S/2C5H11N2O2P/c2*1-4-9-10(8,5-6)7(2)3/h2*4H2,1-3H3. The average Bonchev–Trinajstić information content (AvgIpc) is 2.39. The lowest BCUT2D eigenvalue weighted by atomic mass is 10.9. The minimum absolute atomic E-state index is 0.295. The van der Waals surface area contributed by atoms with E-state index in [-0.39, 0.29) is 0 Å². The van der Waals surface area contributed by atoms with E-state index in [1.807, 2.05) is 0 Å². The van der Waals surface area contributed by atoms with E-state index in [1.165, 1.54) is 9.34 Å². The van der Waals surface area contributed by atoms with E-state index in [2.05, 4.69) is 0 Å². The van der Waals surface area contributed by atoms with E-state index in [0.717, 1.165) is 0 Å². The van der Waals surface area contributed by atoms with Crippen molar-refractivity contribution in [2.24, 2.45) is 0 Å².